The lowest BCUT2D eigenvalue weighted by Crippen LogP contribution is -2.52. The molecule has 2 N–H and O–H groups in total. The third kappa shape index (κ3) is 7.96. The molecule has 0 bridgehead atoms. The van der Waals surface area contributed by atoms with E-state index in [1.54, 1.807) is 0 Å². The summed E-state index contributed by atoms with van der Waals surface area (Å²) < 4.78 is 18.6. The summed E-state index contributed by atoms with van der Waals surface area (Å²) in [6.45, 7) is 5.85. The van der Waals surface area contributed by atoms with Crippen molar-refractivity contribution in [2.75, 3.05) is 52.5 Å². The molecule has 2 unspecified atom stereocenters. The van der Waals surface area contributed by atoms with Crippen LogP contribution in [-0.4, -0.2) is 80.3 Å². The van der Waals surface area contributed by atoms with Gasteiger partial charge in [-0.25, -0.2) is 9.18 Å². The molecule has 3 fully saturated rings. The molecule has 2 heterocycles. The number of hydrogen-bond donors (Lipinski definition) is 2. The first-order valence-corrected chi connectivity index (χ1v) is 12.4. The van der Waals surface area contributed by atoms with Crippen molar-refractivity contribution in [3.63, 3.8) is 0 Å². The molecule has 2 aliphatic heterocycles. The summed E-state index contributed by atoms with van der Waals surface area (Å²) in [5.74, 6) is 0.862. The van der Waals surface area contributed by atoms with E-state index < -0.39 is 0 Å². The Morgan fingerprint density at radius 2 is 1.82 bits per heavy atom. The van der Waals surface area contributed by atoms with Crippen LogP contribution < -0.4 is 10.6 Å². The van der Waals surface area contributed by atoms with Gasteiger partial charge in [-0.05, 0) is 61.6 Å². The number of morpholine rings is 1. The maximum Gasteiger partial charge on any atom is 0.315 e. The lowest BCUT2D eigenvalue weighted by atomic mass is 9.91. The van der Waals surface area contributed by atoms with Crippen LogP contribution >= 0.6 is 0 Å². The SMILES string of the molecule is O=C(NCC1CC1)NC(CC(=O)N1CCCC(Cc2ccc(F)cc2)C1)CN1CCOCC1. The van der Waals surface area contributed by atoms with Crippen molar-refractivity contribution in [1.82, 2.24) is 20.4 Å². The quantitative estimate of drug-likeness (QED) is 0.594. The van der Waals surface area contributed by atoms with Crippen molar-refractivity contribution in [2.24, 2.45) is 11.8 Å². The lowest BCUT2D eigenvalue weighted by molar-refractivity contribution is -0.133. The molecule has 7 nitrogen and oxygen atoms in total. The smallest absolute Gasteiger partial charge is 0.315 e. The normalized spacial score (nSPS) is 22.6. The van der Waals surface area contributed by atoms with Gasteiger partial charge in [0.05, 0.1) is 19.3 Å². The Bertz CT molecular complexity index is 780. The average molecular weight is 461 g/mol. The van der Waals surface area contributed by atoms with Crippen molar-refractivity contribution in [1.29, 1.82) is 0 Å². The monoisotopic (exact) mass is 460 g/mol. The molecule has 0 spiro atoms. The van der Waals surface area contributed by atoms with Crippen LogP contribution in [0.3, 0.4) is 0 Å². The zero-order chi connectivity index (χ0) is 23.0. The van der Waals surface area contributed by atoms with Gasteiger partial charge in [-0.1, -0.05) is 12.1 Å². The zero-order valence-electron chi connectivity index (χ0n) is 19.4. The van der Waals surface area contributed by atoms with E-state index in [4.69, 9.17) is 4.74 Å². The molecule has 0 radical (unpaired) electrons. The van der Waals surface area contributed by atoms with E-state index in [0.717, 1.165) is 44.5 Å². The van der Waals surface area contributed by atoms with Crippen LogP contribution in [-0.2, 0) is 16.0 Å². The number of carbonyl (C=O) groups is 2. The van der Waals surface area contributed by atoms with Crippen LogP contribution in [0.4, 0.5) is 9.18 Å². The largest absolute Gasteiger partial charge is 0.379 e. The fourth-order valence-corrected chi connectivity index (χ4v) is 4.80. The molecule has 182 valence electrons. The van der Waals surface area contributed by atoms with Crippen molar-refractivity contribution in [3.05, 3.63) is 35.6 Å². The van der Waals surface area contributed by atoms with E-state index in [9.17, 15) is 14.0 Å². The molecule has 8 heteroatoms. The summed E-state index contributed by atoms with van der Waals surface area (Å²) in [4.78, 5) is 29.9. The molecule has 3 aliphatic rings. The van der Waals surface area contributed by atoms with Gasteiger partial charge in [-0.3, -0.25) is 9.69 Å². The van der Waals surface area contributed by atoms with Crippen LogP contribution in [0.5, 0.6) is 0 Å². The molecule has 4 rings (SSSR count). The van der Waals surface area contributed by atoms with Crippen LogP contribution in [0.1, 0.15) is 37.7 Å². The highest BCUT2D eigenvalue weighted by Crippen LogP contribution is 2.27. The molecule has 1 aromatic carbocycles. The number of likely N-dealkylation sites (tertiary alicyclic amines) is 1. The summed E-state index contributed by atoms with van der Waals surface area (Å²) in [6, 6.07) is 6.25. The highest BCUT2D eigenvalue weighted by atomic mass is 19.1. The second kappa shape index (κ2) is 11.8. The molecule has 2 atom stereocenters. The molecule has 0 aromatic heterocycles. The number of nitrogens with zero attached hydrogens (tertiary/aromatic N) is 2. The average Bonchev–Trinajstić information content (AvgIpc) is 3.65. The molecule has 1 aromatic rings. The topological polar surface area (TPSA) is 73.9 Å². The lowest BCUT2D eigenvalue weighted by Gasteiger charge is -2.35. The summed E-state index contributed by atoms with van der Waals surface area (Å²) >= 11 is 0. The number of halogens is 1. The minimum atomic E-state index is -0.229. The van der Waals surface area contributed by atoms with Crippen LogP contribution in [0.25, 0.3) is 0 Å². The van der Waals surface area contributed by atoms with Gasteiger partial charge in [0.15, 0.2) is 0 Å². The number of nitrogens with one attached hydrogen (secondary N) is 2. The predicted molar refractivity (Wildman–Crippen MR) is 124 cm³/mol. The first-order chi connectivity index (χ1) is 16.0. The number of piperidine rings is 1. The van der Waals surface area contributed by atoms with E-state index in [0.29, 0.717) is 51.1 Å². The standard InChI is InChI=1S/C25H37FN4O3/c26-22-7-5-19(6-8-22)14-21-2-1-9-30(17-21)24(31)15-23(18-29-10-12-33-13-11-29)28-25(32)27-16-20-3-4-20/h5-8,20-21,23H,1-4,9-18H2,(H2,27,28,32). The van der Waals surface area contributed by atoms with Crippen LogP contribution in [0, 0.1) is 17.7 Å². The molecule has 3 amide bonds. The Labute approximate surface area is 196 Å². The van der Waals surface area contributed by atoms with Gasteiger partial charge in [0.1, 0.15) is 5.82 Å². The van der Waals surface area contributed by atoms with Gasteiger partial charge in [0, 0.05) is 45.7 Å². The summed E-state index contributed by atoms with van der Waals surface area (Å²) in [6.07, 6.45) is 5.57. The number of rotatable bonds is 9. The van der Waals surface area contributed by atoms with Gasteiger partial charge in [-0.15, -0.1) is 0 Å². The van der Waals surface area contributed by atoms with E-state index in [1.165, 1.54) is 25.0 Å². The van der Waals surface area contributed by atoms with Gasteiger partial charge in [0.25, 0.3) is 0 Å². The second-order valence-electron chi connectivity index (χ2n) is 9.79. The molecule has 2 saturated heterocycles. The van der Waals surface area contributed by atoms with E-state index in [2.05, 4.69) is 15.5 Å². The van der Waals surface area contributed by atoms with Gasteiger partial charge < -0.3 is 20.3 Å². The summed E-state index contributed by atoms with van der Waals surface area (Å²) in [5, 5.41) is 6.02. The van der Waals surface area contributed by atoms with E-state index in [1.807, 2.05) is 17.0 Å². The number of amides is 3. The van der Waals surface area contributed by atoms with Gasteiger partial charge in [0.2, 0.25) is 5.91 Å². The number of carbonyl (C=O) groups excluding carboxylic acids is 2. The van der Waals surface area contributed by atoms with Crippen LogP contribution in [0.2, 0.25) is 0 Å². The first-order valence-electron chi connectivity index (χ1n) is 12.4. The number of benzene rings is 1. The van der Waals surface area contributed by atoms with Crippen molar-refractivity contribution < 1.29 is 18.7 Å². The predicted octanol–water partition coefficient (Wildman–Crippen LogP) is 2.41. The minimum Gasteiger partial charge on any atom is -0.379 e. The fourth-order valence-electron chi connectivity index (χ4n) is 4.80. The number of ether oxygens (including phenoxy) is 1. The van der Waals surface area contributed by atoms with E-state index >= 15 is 0 Å². The zero-order valence-corrected chi connectivity index (χ0v) is 19.4. The van der Waals surface area contributed by atoms with E-state index in [-0.39, 0.29) is 23.8 Å². The summed E-state index contributed by atoms with van der Waals surface area (Å²) in [5.41, 5.74) is 1.11. The Kier molecular flexibility index (Phi) is 8.56. The molecular weight excluding hydrogens is 423 g/mol. The Balaban J connectivity index is 1.30. The third-order valence-corrected chi connectivity index (χ3v) is 6.90. The first kappa shape index (κ1) is 24.0. The molecule has 33 heavy (non-hydrogen) atoms. The number of urea groups is 1. The van der Waals surface area contributed by atoms with Crippen molar-refractivity contribution in [3.8, 4) is 0 Å². The van der Waals surface area contributed by atoms with Gasteiger partial charge in [-0.2, -0.15) is 0 Å². The maximum absolute atomic E-state index is 13.2. The highest BCUT2D eigenvalue weighted by Gasteiger charge is 2.28. The molecule has 1 saturated carbocycles. The molecule has 1 aliphatic carbocycles. The van der Waals surface area contributed by atoms with Gasteiger partial charge >= 0.3 is 6.03 Å². The molecular formula is C25H37FN4O3. The van der Waals surface area contributed by atoms with Crippen LogP contribution in [0.15, 0.2) is 24.3 Å². The third-order valence-electron chi connectivity index (χ3n) is 6.90. The number of hydrogen-bond acceptors (Lipinski definition) is 4. The Morgan fingerprint density at radius 3 is 2.55 bits per heavy atom. The highest BCUT2D eigenvalue weighted by molar-refractivity contribution is 5.79. The minimum absolute atomic E-state index is 0.0968. The Morgan fingerprint density at radius 1 is 1.06 bits per heavy atom. The second-order valence-corrected chi connectivity index (χ2v) is 9.79. The van der Waals surface area contributed by atoms with Crippen molar-refractivity contribution in [2.45, 2.75) is 44.6 Å². The van der Waals surface area contributed by atoms with Crippen molar-refractivity contribution >= 4 is 11.9 Å². The fraction of sp³-hybridized carbons (Fsp3) is 0.680. The Hall–Kier alpha value is -2.19. The summed E-state index contributed by atoms with van der Waals surface area (Å²) in [7, 11) is 0. The maximum atomic E-state index is 13.2.